The summed E-state index contributed by atoms with van der Waals surface area (Å²) in [5.74, 6) is 1.37. The Morgan fingerprint density at radius 3 is 2.73 bits per heavy atom. The maximum absolute atomic E-state index is 12.1. The van der Waals surface area contributed by atoms with E-state index in [1.54, 1.807) is 13.0 Å². The second kappa shape index (κ2) is 6.09. The van der Waals surface area contributed by atoms with Crippen LogP contribution in [-0.2, 0) is 0 Å². The molecule has 1 unspecified atom stereocenters. The number of fused-ring (bicyclic) bond motifs is 1. The zero-order chi connectivity index (χ0) is 15.5. The average Bonchev–Trinajstić information content (AvgIpc) is 2.81. The number of nitrogens with one attached hydrogen (secondary N) is 1. The molecule has 22 heavy (non-hydrogen) atoms. The molecule has 1 aliphatic rings. The topological polar surface area (TPSA) is 73.6 Å². The van der Waals surface area contributed by atoms with Crippen LogP contribution in [0, 0.1) is 6.92 Å². The van der Waals surface area contributed by atoms with E-state index < -0.39 is 0 Å². The molecule has 6 heteroatoms. The van der Waals surface area contributed by atoms with Gasteiger partial charge in [-0.05, 0) is 31.5 Å². The molecule has 1 aliphatic heterocycles. The van der Waals surface area contributed by atoms with Crippen molar-refractivity contribution >= 4 is 5.91 Å². The maximum atomic E-state index is 12.1. The lowest BCUT2D eigenvalue weighted by molar-refractivity contribution is 0.0902. The Morgan fingerprint density at radius 1 is 1.23 bits per heavy atom. The molecule has 6 nitrogen and oxygen atoms in total. The van der Waals surface area contributed by atoms with Crippen LogP contribution in [0.1, 0.15) is 41.2 Å². The van der Waals surface area contributed by atoms with E-state index in [-0.39, 0.29) is 17.7 Å². The molecule has 1 amide bonds. The molecule has 1 aromatic carbocycles. The van der Waals surface area contributed by atoms with Crippen LogP contribution in [0.3, 0.4) is 0 Å². The zero-order valence-corrected chi connectivity index (χ0v) is 12.6. The van der Waals surface area contributed by atoms with E-state index in [4.69, 9.17) is 14.0 Å². The van der Waals surface area contributed by atoms with E-state index in [2.05, 4.69) is 10.5 Å². The number of ether oxygens (including phenoxy) is 2. The molecule has 1 atom stereocenters. The minimum absolute atomic E-state index is 0.185. The van der Waals surface area contributed by atoms with Crippen molar-refractivity contribution in [2.24, 2.45) is 0 Å². The summed E-state index contributed by atoms with van der Waals surface area (Å²) in [4.78, 5) is 12.1. The van der Waals surface area contributed by atoms with Crippen molar-refractivity contribution in [1.29, 1.82) is 0 Å². The van der Waals surface area contributed by atoms with E-state index in [0.717, 1.165) is 17.7 Å². The van der Waals surface area contributed by atoms with E-state index >= 15 is 0 Å². The molecule has 0 aliphatic carbocycles. The Hall–Kier alpha value is -2.50. The zero-order valence-electron chi connectivity index (χ0n) is 12.6. The lowest BCUT2D eigenvalue weighted by atomic mass is 10.1. The van der Waals surface area contributed by atoms with Gasteiger partial charge in [-0.25, -0.2) is 0 Å². The SMILES string of the molecule is Cc1cc(C(=O)NC(C)c2ccc3c(c2)OCCCO3)on1. The first-order chi connectivity index (χ1) is 10.6. The Morgan fingerprint density at radius 2 is 2.00 bits per heavy atom. The second-order valence-electron chi connectivity index (χ2n) is 5.28. The molecule has 2 aromatic rings. The number of nitrogens with zero attached hydrogens (tertiary/aromatic N) is 1. The number of carbonyl (C=O) groups is 1. The summed E-state index contributed by atoms with van der Waals surface area (Å²) in [6, 6.07) is 7.12. The summed E-state index contributed by atoms with van der Waals surface area (Å²) in [5.41, 5.74) is 1.61. The summed E-state index contributed by atoms with van der Waals surface area (Å²) in [6.07, 6.45) is 0.862. The van der Waals surface area contributed by atoms with Gasteiger partial charge in [0.1, 0.15) is 0 Å². The normalized spacial score (nSPS) is 15.0. The third-order valence-electron chi connectivity index (χ3n) is 3.47. The number of aryl methyl sites for hydroxylation is 1. The Bertz CT molecular complexity index is 681. The molecule has 0 fully saturated rings. The van der Waals surface area contributed by atoms with Gasteiger partial charge in [0.2, 0.25) is 5.76 Å². The van der Waals surface area contributed by atoms with Crippen LogP contribution in [0.2, 0.25) is 0 Å². The lowest BCUT2D eigenvalue weighted by Crippen LogP contribution is -2.26. The Labute approximate surface area is 128 Å². The average molecular weight is 302 g/mol. The standard InChI is InChI=1S/C16H18N2O4/c1-10-8-15(22-18-10)16(19)17-11(2)12-4-5-13-14(9-12)21-7-3-6-20-13/h4-5,8-9,11H,3,6-7H2,1-2H3,(H,17,19). The van der Waals surface area contributed by atoms with Gasteiger partial charge in [0.05, 0.1) is 24.9 Å². The number of aromatic nitrogens is 1. The highest BCUT2D eigenvalue weighted by atomic mass is 16.5. The molecular formula is C16H18N2O4. The van der Waals surface area contributed by atoms with Gasteiger partial charge in [0, 0.05) is 12.5 Å². The first-order valence-electron chi connectivity index (χ1n) is 7.27. The summed E-state index contributed by atoms with van der Waals surface area (Å²) in [7, 11) is 0. The largest absolute Gasteiger partial charge is 0.490 e. The number of amides is 1. The molecule has 2 heterocycles. The lowest BCUT2D eigenvalue weighted by Gasteiger charge is -2.15. The van der Waals surface area contributed by atoms with Gasteiger partial charge in [-0.1, -0.05) is 11.2 Å². The molecule has 0 saturated carbocycles. The highest BCUT2D eigenvalue weighted by Crippen LogP contribution is 2.32. The van der Waals surface area contributed by atoms with Crippen LogP contribution < -0.4 is 14.8 Å². The molecule has 1 aromatic heterocycles. The highest BCUT2D eigenvalue weighted by molar-refractivity contribution is 5.91. The van der Waals surface area contributed by atoms with Crippen molar-refractivity contribution in [3.8, 4) is 11.5 Å². The van der Waals surface area contributed by atoms with Gasteiger partial charge in [0.25, 0.3) is 5.91 Å². The summed E-state index contributed by atoms with van der Waals surface area (Å²) in [5, 5.41) is 6.59. The summed E-state index contributed by atoms with van der Waals surface area (Å²) >= 11 is 0. The number of rotatable bonds is 3. The number of hydrogen-bond acceptors (Lipinski definition) is 5. The van der Waals surface area contributed by atoms with Crippen molar-refractivity contribution < 1.29 is 18.8 Å². The van der Waals surface area contributed by atoms with Gasteiger partial charge in [0.15, 0.2) is 11.5 Å². The van der Waals surface area contributed by atoms with E-state index in [9.17, 15) is 4.79 Å². The first-order valence-corrected chi connectivity index (χ1v) is 7.27. The van der Waals surface area contributed by atoms with Crippen LogP contribution in [0.5, 0.6) is 11.5 Å². The summed E-state index contributed by atoms with van der Waals surface area (Å²) < 4.78 is 16.2. The van der Waals surface area contributed by atoms with Crippen molar-refractivity contribution in [3.63, 3.8) is 0 Å². The predicted molar refractivity (Wildman–Crippen MR) is 79.2 cm³/mol. The van der Waals surface area contributed by atoms with Crippen LogP contribution in [0.15, 0.2) is 28.8 Å². The van der Waals surface area contributed by atoms with Gasteiger partial charge >= 0.3 is 0 Å². The molecule has 0 saturated heterocycles. The predicted octanol–water partition coefficient (Wildman–Crippen LogP) is 2.64. The number of hydrogen-bond donors (Lipinski definition) is 1. The second-order valence-corrected chi connectivity index (χ2v) is 5.28. The van der Waals surface area contributed by atoms with Gasteiger partial charge in [-0.3, -0.25) is 4.79 Å². The smallest absolute Gasteiger partial charge is 0.290 e. The number of benzene rings is 1. The van der Waals surface area contributed by atoms with Crippen LogP contribution in [0.25, 0.3) is 0 Å². The van der Waals surface area contributed by atoms with E-state index in [0.29, 0.717) is 24.7 Å². The Kier molecular flexibility index (Phi) is 4.00. The molecule has 3 rings (SSSR count). The van der Waals surface area contributed by atoms with Crippen molar-refractivity contribution in [2.45, 2.75) is 26.3 Å². The third-order valence-corrected chi connectivity index (χ3v) is 3.47. The van der Waals surface area contributed by atoms with E-state index in [1.807, 2.05) is 25.1 Å². The van der Waals surface area contributed by atoms with Gasteiger partial charge in [-0.2, -0.15) is 0 Å². The van der Waals surface area contributed by atoms with Crippen LogP contribution in [-0.4, -0.2) is 24.3 Å². The molecule has 1 N–H and O–H groups in total. The van der Waals surface area contributed by atoms with Crippen LogP contribution in [0.4, 0.5) is 0 Å². The van der Waals surface area contributed by atoms with E-state index in [1.165, 1.54) is 0 Å². The van der Waals surface area contributed by atoms with Crippen molar-refractivity contribution in [2.75, 3.05) is 13.2 Å². The quantitative estimate of drug-likeness (QED) is 0.943. The first kappa shape index (κ1) is 14.4. The molecule has 0 spiro atoms. The van der Waals surface area contributed by atoms with Crippen molar-refractivity contribution in [3.05, 3.63) is 41.3 Å². The monoisotopic (exact) mass is 302 g/mol. The fraction of sp³-hybridized carbons (Fsp3) is 0.375. The highest BCUT2D eigenvalue weighted by Gasteiger charge is 2.17. The molecule has 0 bridgehead atoms. The minimum atomic E-state index is -0.291. The van der Waals surface area contributed by atoms with Gasteiger partial charge in [-0.15, -0.1) is 0 Å². The minimum Gasteiger partial charge on any atom is -0.490 e. The molecular weight excluding hydrogens is 284 g/mol. The maximum Gasteiger partial charge on any atom is 0.290 e. The molecule has 0 radical (unpaired) electrons. The van der Waals surface area contributed by atoms with Crippen molar-refractivity contribution in [1.82, 2.24) is 10.5 Å². The fourth-order valence-electron chi connectivity index (χ4n) is 2.27. The fourth-order valence-corrected chi connectivity index (χ4v) is 2.27. The summed E-state index contributed by atoms with van der Waals surface area (Å²) in [6.45, 7) is 4.96. The third kappa shape index (κ3) is 3.05. The Balaban J connectivity index is 1.73. The molecule has 116 valence electrons. The van der Waals surface area contributed by atoms with Crippen LogP contribution >= 0.6 is 0 Å². The number of carbonyl (C=O) groups excluding carboxylic acids is 1. The van der Waals surface area contributed by atoms with Gasteiger partial charge < -0.3 is 19.3 Å².